The molecule has 1 aromatic carbocycles. The molecule has 1 aliphatic rings. The number of sulfone groups is 1. The second-order valence-electron chi connectivity index (χ2n) is 4.72. The van der Waals surface area contributed by atoms with E-state index in [0.29, 0.717) is 18.8 Å². The Morgan fingerprint density at radius 2 is 2.06 bits per heavy atom. The molecule has 100 valence electrons. The summed E-state index contributed by atoms with van der Waals surface area (Å²) >= 11 is 0. The Balaban J connectivity index is 1.80. The summed E-state index contributed by atoms with van der Waals surface area (Å²) in [5, 5.41) is 21.7. The standard InChI is InChI=1S/C12H17NO4S/c14-11-2-1-9(5-12(11)15)6-13-7-10-3-4-18(16,17)8-10/h1-2,5,10,13-15H,3-4,6-8H2. The minimum atomic E-state index is -2.82. The molecule has 6 heteroatoms. The Morgan fingerprint density at radius 3 is 2.67 bits per heavy atom. The Labute approximate surface area is 106 Å². The number of phenols is 2. The van der Waals surface area contributed by atoms with Crippen molar-refractivity contribution in [1.82, 2.24) is 5.32 Å². The third-order valence-electron chi connectivity index (χ3n) is 3.13. The zero-order valence-electron chi connectivity index (χ0n) is 9.96. The van der Waals surface area contributed by atoms with Gasteiger partial charge in [-0.05, 0) is 36.6 Å². The van der Waals surface area contributed by atoms with Gasteiger partial charge >= 0.3 is 0 Å². The van der Waals surface area contributed by atoms with Gasteiger partial charge in [-0.15, -0.1) is 0 Å². The number of hydrogen-bond donors (Lipinski definition) is 3. The Morgan fingerprint density at radius 1 is 1.28 bits per heavy atom. The van der Waals surface area contributed by atoms with Crippen LogP contribution in [0, 0.1) is 5.92 Å². The van der Waals surface area contributed by atoms with Crippen molar-refractivity contribution in [3.63, 3.8) is 0 Å². The van der Waals surface area contributed by atoms with Gasteiger partial charge in [0, 0.05) is 6.54 Å². The molecule has 2 rings (SSSR count). The van der Waals surface area contributed by atoms with Crippen molar-refractivity contribution >= 4 is 9.84 Å². The van der Waals surface area contributed by atoms with E-state index in [1.54, 1.807) is 6.07 Å². The fraction of sp³-hybridized carbons (Fsp3) is 0.500. The van der Waals surface area contributed by atoms with Gasteiger partial charge in [0.1, 0.15) is 0 Å². The number of phenolic OH excluding ortho intramolecular Hbond substituents is 2. The molecule has 1 saturated heterocycles. The minimum Gasteiger partial charge on any atom is -0.504 e. The summed E-state index contributed by atoms with van der Waals surface area (Å²) < 4.78 is 22.5. The Hall–Kier alpha value is -1.27. The van der Waals surface area contributed by atoms with Crippen LogP contribution in [0.25, 0.3) is 0 Å². The maximum atomic E-state index is 11.3. The fourth-order valence-corrected chi connectivity index (χ4v) is 3.99. The van der Waals surface area contributed by atoms with Crippen molar-refractivity contribution in [3.05, 3.63) is 23.8 Å². The maximum absolute atomic E-state index is 11.3. The summed E-state index contributed by atoms with van der Waals surface area (Å²) in [5.41, 5.74) is 0.853. The summed E-state index contributed by atoms with van der Waals surface area (Å²) in [4.78, 5) is 0. The molecule has 1 unspecified atom stereocenters. The van der Waals surface area contributed by atoms with E-state index >= 15 is 0 Å². The highest BCUT2D eigenvalue weighted by molar-refractivity contribution is 7.91. The van der Waals surface area contributed by atoms with E-state index in [1.165, 1.54) is 12.1 Å². The van der Waals surface area contributed by atoms with Crippen LogP contribution in [0.1, 0.15) is 12.0 Å². The highest BCUT2D eigenvalue weighted by Gasteiger charge is 2.27. The lowest BCUT2D eigenvalue weighted by atomic mass is 10.1. The molecule has 1 aliphatic heterocycles. The molecule has 1 fully saturated rings. The van der Waals surface area contributed by atoms with Gasteiger partial charge in [-0.3, -0.25) is 0 Å². The van der Waals surface area contributed by atoms with Gasteiger partial charge in [0.25, 0.3) is 0 Å². The molecular weight excluding hydrogens is 254 g/mol. The molecule has 18 heavy (non-hydrogen) atoms. The average Bonchev–Trinajstić information content (AvgIpc) is 2.63. The van der Waals surface area contributed by atoms with Crippen LogP contribution >= 0.6 is 0 Å². The molecule has 0 bridgehead atoms. The van der Waals surface area contributed by atoms with E-state index in [0.717, 1.165) is 12.0 Å². The molecular formula is C12H17NO4S. The SMILES string of the molecule is O=S1(=O)CCC(CNCc2ccc(O)c(O)c2)C1. The van der Waals surface area contributed by atoms with Crippen LogP contribution in [0.15, 0.2) is 18.2 Å². The van der Waals surface area contributed by atoms with Gasteiger partial charge < -0.3 is 15.5 Å². The molecule has 1 atom stereocenters. The minimum absolute atomic E-state index is 0.138. The number of rotatable bonds is 4. The maximum Gasteiger partial charge on any atom is 0.157 e. The first kappa shape index (κ1) is 13.2. The molecule has 1 heterocycles. The van der Waals surface area contributed by atoms with Gasteiger partial charge in [-0.25, -0.2) is 8.42 Å². The van der Waals surface area contributed by atoms with Crippen LogP contribution in [0.4, 0.5) is 0 Å². The second-order valence-corrected chi connectivity index (χ2v) is 6.95. The third kappa shape index (κ3) is 3.36. The molecule has 1 aromatic rings. The van der Waals surface area contributed by atoms with Crippen molar-refractivity contribution in [2.45, 2.75) is 13.0 Å². The first-order valence-electron chi connectivity index (χ1n) is 5.88. The van der Waals surface area contributed by atoms with Crippen LogP contribution < -0.4 is 5.32 Å². The summed E-state index contributed by atoms with van der Waals surface area (Å²) in [6.07, 6.45) is 0.718. The van der Waals surface area contributed by atoms with Crippen LogP contribution in [-0.2, 0) is 16.4 Å². The predicted molar refractivity (Wildman–Crippen MR) is 68.2 cm³/mol. The van der Waals surface area contributed by atoms with Crippen LogP contribution in [0.5, 0.6) is 11.5 Å². The van der Waals surface area contributed by atoms with Gasteiger partial charge in [0.2, 0.25) is 0 Å². The van der Waals surface area contributed by atoms with E-state index in [2.05, 4.69) is 5.32 Å². The van der Waals surface area contributed by atoms with Crippen molar-refractivity contribution in [1.29, 1.82) is 0 Å². The summed E-state index contributed by atoms with van der Waals surface area (Å²) in [7, 11) is -2.82. The number of nitrogens with one attached hydrogen (secondary N) is 1. The first-order valence-corrected chi connectivity index (χ1v) is 7.70. The van der Waals surface area contributed by atoms with Crippen molar-refractivity contribution in [3.8, 4) is 11.5 Å². The van der Waals surface area contributed by atoms with Gasteiger partial charge in [-0.1, -0.05) is 6.07 Å². The van der Waals surface area contributed by atoms with Gasteiger partial charge in [0.15, 0.2) is 21.3 Å². The van der Waals surface area contributed by atoms with Crippen LogP contribution in [0.2, 0.25) is 0 Å². The van der Waals surface area contributed by atoms with Crippen molar-refractivity contribution < 1.29 is 18.6 Å². The van der Waals surface area contributed by atoms with Gasteiger partial charge in [-0.2, -0.15) is 0 Å². The Kier molecular flexibility index (Phi) is 3.77. The number of hydrogen-bond acceptors (Lipinski definition) is 5. The van der Waals surface area contributed by atoms with Crippen LogP contribution in [-0.4, -0.2) is 36.7 Å². The molecule has 0 spiro atoms. The highest BCUT2D eigenvalue weighted by Crippen LogP contribution is 2.24. The summed E-state index contributed by atoms with van der Waals surface area (Å²) in [5.74, 6) is 0.458. The zero-order chi connectivity index (χ0) is 13.2. The largest absolute Gasteiger partial charge is 0.504 e. The zero-order valence-corrected chi connectivity index (χ0v) is 10.8. The number of aromatic hydroxyl groups is 2. The third-order valence-corrected chi connectivity index (χ3v) is 4.97. The van der Waals surface area contributed by atoms with Crippen LogP contribution in [0.3, 0.4) is 0 Å². The second kappa shape index (κ2) is 5.16. The molecule has 0 radical (unpaired) electrons. The highest BCUT2D eigenvalue weighted by atomic mass is 32.2. The lowest BCUT2D eigenvalue weighted by Gasteiger charge is -2.10. The monoisotopic (exact) mass is 271 g/mol. The molecule has 5 nitrogen and oxygen atoms in total. The lowest BCUT2D eigenvalue weighted by molar-refractivity contribution is 0.402. The van der Waals surface area contributed by atoms with E-state index < -0.39 is 9.84 Å². The molecule has 0 aromatic heterocycles. The molecule has 0 saturated carbocycles. The first-order chi connectivity index (χ1) is 8.46. The van der Waals surface area contributed by atoms with E-state index in [9.17, 15) is 13.5 Å². The Bertz CT molecular complexity index is 527. The predicted octanol–water partition coefficient (Wildman–Crippen LogP) is 0.622. The van der Waals surface area contributed by atoms with E-state index in [4.69, 9.17) is 5.11 Å². The average molecular weight is 271 g/mol. The molecule has 3 N–H and O–H groups in total. The normalized spacial score (nSPS) is 22.1. The topological polar surface area (TPSA) is 86.6 Å². The van der Waals surface area contributed by atoms with E-state index in [1.807, 2.05) is 0 Å². The summed E-state index contributed by atoms with van der Waals surface area (Å²) in [6, 6.07) is 4.65. The van der Waals surface area contributed by atoms with E-state index in [-0.39, 0.29) is 23.2 Å². The smallest absolute Gasteiger partial charge is 0.157 e. The van der Waals surface area contributed by atoms with Crippen molar-refractivity contribution in [2.24, 2.45) is 5.92 Å². The molecule has 0 aliphatic carbocycles. The fourth-order valence-electron chi connectivity index (χ4n) is 2.13. The lowest BCUT2D eigenvalue weighted by Crippen LogP contribution is -2.23. The van der Waals surface area contributed by atoms with Gasteiger partial charge in [0.05, 0.1) is 11.5 Å². The molecule has 0 amide bonds. The summed E-state index contributed by atoms with van der Waals surface area (Å²) in [6.45, 7) is 1.20. The number of benzene rings is 1. The van der Waals surface area contributed by atoms with Crippen molar-refractivity contribution in [2.75, 3.05) is 18.1 Å². The quantitative estimate of drug-likeness (QED) is 0.699.